The molecular weight excluding hydrogens is 190 g/mol. The molecule has 0 fully saturated rings. The molecule has 15 heavy (non-hydrogen) atoms. The molecule has 4 nitrogen and oxygen atoms in total. The van der Waals surface area contributed by atoms with E-state index in [1.165, 1.54) is 0 Å². The van der Waals surface area contributed by atoms with Crippen molar-refractivity contribution in [1.82, 2.24) is 9.97 Å². The van der Waals surface area contributed by atoms with Crippen molar-refractivity contribution in [2.75, 3.05) is 11.9 Å². The fourth-order valence-corrected chi connectivity index (χ4v) is 1.41. The van der Waals surface area contributed by atoms with Gasteiger partial charge in [0, 0.05) is 24.4 Å². The van der Waals surface area contributed by atoms with Gasteiger partial charge in [-0.1, -0.05) is 13.8 Å². The molecule has 0 aliphatic heterocycles. The molecule has 0 amide bonds. The minimum Gasteiger partial charge on any atom is -0.396 e. The van der Waals surface area contributed by atoms with Crippen LogP contribution in [0.1, 0.15) is 32.4 Å². The highest BCUT2D eigenvalue weighted by atomic mass is 16.3. The van der Waals surface area contributed by atoms with Gasteiger partial charge >= 0.3 is 0 Å². The van der Waals surface area contributed by atoms with E-state index in [4.69, 9.17) is 5.11 Å². The average Bonchev–Trinajstić information content (AvgIpc) is 2.29. The molecule has 2 N–H and O–H groups in total. The summed E-state index contributed by atoms with van der Waals surface area (Å²) in [4.78, 5) is 8.29. The first-order chi connectivity index (χ1) is 7.30. The van der Waals surface area contributed by atoms with Gasteiger partial charge in [-0.3, -0.25) is 0 Å². The lowest BCUT2D eigenvalue weighted by atomic mass is 10.1. The minimum atomic E-state index is 0.206. The lowest BCUT2D eigenvalue weighted by Gasteiger charge is -2.16. The number of aromatic nitrogens is 2. The number of hydrogen-bond donors (Lipinski definition) is 2. The van der Waals surface area contributed by atoms with E-state index in [2.05, 4.69) is 29.1 Å². The van der Waals surface area contributed by atoms with Crippen LogP contribution in [0.4, 0.5) is 5.82 Å². The summed E-state index contributed by atoms with van der Waals surface area (Å²) in [7, 11) is 0. The van der Waals surface area contributed by atoms with E-state index in [-0.39, 0.29) is 12.6 Å². The summed E-state index contributed by atoms with van der Waals surface area (Å²) in [5.74, 6) is 0.849. The van der Waals surface area contributed by atoms with E-state index in [1.54, 1.807) is 6.33 Å². The second kappa shape index (κ2) is 6.35. The highest BCUT2D eigenvalue weighted by Gasteiger charge is 2.06. The molecule has 0 radical (unpaired) electrons. The number of nitrogens with one attached hydrogen (secondary N) is 1. The van der Waals surface area contributed by atoms with Crippen LogP contribution in [0.25, 0.3) is 0 Å². The Kier molecular flexibility index (Phi) is 5.04. The fourth-order valence-electron chi connectivity index (χ4n) is 1.41. The van der Waals surface area contributed by atoms with Crippen molar-refractivity contribution in [3.05, 3.63) is 18.1 Å². The molecule has 1 heterocycles. The van der Waals surface area contributed by atoms with Crippen LogP contribution in [0, 0.1) is 0 Å². The number of hydrogen-bond acceptors (Lipinski definition) is 4. The van der Waals surface area contributed by atoms with Crippen molar-refractivity contribution in [2.24, 2.45) is 0 Å². The summed E-state index contributed by atoms with van der Waals surface area (Å²) in [6.45, 7) is 4.36. The first-order valence-electron chi connectivity index (χ1n) is 5.48. The van der Waals surface area contributed by atoms with Crippen molar-refractivity contribution in [3.63, 3.8) is 0 Å². The first kappa shape index (κ1) is 11.9. The van der Waals surface area contributed by atoms with Crippen LogP contribution in [-0.2, 0) is 6.42 Å². The molecule has 0 aliphatic rings. The molecule has 1 aromatic rings. The zero-order valence-electron chi connectivity index (χ0n) is 9.40. The fraction of sp³-hybridized carbons (Fsp3) is 0.636. The third-order valence-corrected chi connectivity index (χ3v) is 2.41. The Morgan fingerprint density at radius 2 is 2.20 bits per heavy atom. The van der Waals surface area contributed by atoms with Crippen molar-refractivity contribution in [1.29, 1.82) is 0 Å². The van der Waals surface area contributed by atoms with Gasteiger partial charge in [-0.15, -0.1) is 0 Å². The molecule has 1 rings (SSSR count). The Bertz CT molecular complexity index is 291. The molecule has 0 saturated heterocycles. The standard InChI is InChI=1S/C11H19N3O/c1-3-9(5-6-15)14-11-7-10(4-2)12-8-13-11/h7-9,15H,3-6H2,1-2H3,(H,12,13,14). The van der Waals surface area contributed by atoms with E-state index in [0.717, 1.165) is 30.8 Å². The predicted molar refractivity (Wildman–Crippen MR) is 60.8 cm³/mol. The van der Waals surface area contributed by atoms with Crippen LogP contribution in [0.15, 0.2) is 12.4 Å². The van der Waals surface area contributed by atoms with Crippen molar-refractivity contribution < 1.29 is 5.11 Å². The molecule has 1 aromatic heterocycles. The van der Waals surface area contributed by atoms with E-state index in [0.29, 0.717) is 0 Å². The Morgan fingerprint density at radius 1 is 1.40 bits per heavy atom. The van der Waals surface area contributed by atoms with Crippen LogP contribution < -0.4 is 5.32 Å². The Balaban J connectivity index is 2.61. The second-order valence-electron chi connectivity index (χ2n) is 3.51. The Labute approximate surface area is 90.8 Å². The number of anilines is 1. The number of aryl methyl sites for hydroxylation is 1. The zero-order chi connectivity index (χ0) is 11.1. The molecule has 0 aliphatic carbocycles. The second-order valence-corrected chi connectivity index (χ2v) is 3.51. The average molecular weight is 209 g/mol. The minimum absolute atomic E-state index is 0.206. The largest absolute Gasteiger partial charge is 0.396 e. The van der Waals surface area contributed by atoms with Crippen molar-refractivity contribution in [2.45, 2.75) is 39.2 Å². The predicted octanol–water partition coefficient (Wildman–Crippen LogP) is 1.61. The smallest absolute Gasteiger partial charge is 0.129 e. The van der Waals surface area contributed by atoms with Crippen LogP contribution in [-0.4, -0.2) is 27.7 Å². The van der Waals surface area contributed by atoms with E-state index < -0.39 is 0 Å². The molecular formula is C11H19N3O. The third-order valence-electron chi connectivity index (χ3n) is 2.41. The Morgan fingerprint density at radius 3 is 2.80 bits per heavy atom. The molecule has 0 bridgehead atoms. The van der Waals surface area contributed by atoms with Crippen LogP contribution in [0.2, 0.25) is 0 Å². The maximum absolute atomic E-state index is 8.87. The molecule has 0 saturated carbocycles. The van der Waals surface area contributed by atoms with Gasteiger partial charge in [-0.2, -0.15) is 0 Å². The Hall–Kier alpha value is -1.16. The summed E-state index contributed by atoms with van der Waals surface area (Å²) >= 11 is 0. The van der Waals surface area contributed by atoms with Gasteiger partial charge < -0.3 is 10.4 Å². The maximum Gasteiger partial charge on any atom is 0.129 e. The van der Waals surface area contributed by atoms with Gasteiger partial charge in [0.05, 0.1) is 0 Å². The topological polar surface area (TPSA) is 58.0 Å². The quantitative estimate of drug-likeness (QED) is 0.747. The third kappa shape index (κ3) is 3.83. The molecule has 4 heteroatoms. The lowest BCUT2D eigenvalue weighted by Crippen LogP contribution is -2.20. The highest BCUT2D eigenvalue weighted by Crippen LogP contribution is 2.09. The van der Waals surface area contributed by atoms with Gasteiger partial charge in [-0.25, -0.2) is 9.97 Å². The zero-order valence-corrected chi connectivity index (χ0v) is 9.40. The monoisotopic (exact) mass is 209 g/mol. The summed E-state index contributed by atoms with van der Waals surface area (Å²) in [5.41, 5.74) is 1.03. The van der Waals surface area contributed by atoms with E-state index >= 15 is 0 Å². The van der Waals surface area contributed by atoms with Gasteiger partial charge in [0.15, 0.2) is 0 Å². The van der Waals surface area contributed by atoms with Crippen molar-refractivity contribution >= 4 is 5.82 Å². The summed E-state index contributed by atoms with van der Waals surface area (Å²) in [6, 6.07) is 2.25. The molecule has 84 valence electrons. The SMILES string of the molecule is CCc1cc(NC(CC)CCO)ncn1. The van der Waals surface area contributed by atoms with Crippen molar-refractivity contribution in [3.8, 4) is 0 Å². The van der Waals surface area contributed by atoms with Crippen LogP contribution in [0.3, 0.4) is 0 Å². The molecule has 1 unspecified atom stereocenters. The lowest BCUT2D eigenvalue weighted by molar-refractivity contribution is 0.278. The normalized spacial score (nSPS) is 12.5. The van der Waals surface area contributed by atoms with Gasteiger partial charge in [-0.05, 0) is 19.3 Å². The van der Waals surface area contributed by atoms with E-state index in [1.807, 2.05) is 6.07 Å². The van der Waals surface area contributed by atoms with Crippen LogP contribution in [0.5, 0.6) is 0 Å². The van der Waals surface area contributed by atoms with Crippen LogP contribution >= 0.6 is 0 Å². The summed E-state index contributed by atoms with van der Waals surface area (Å²) in [5, 5.41) is 12.2. The number of rotatable bonds is 6. The molecule has 1 atom stereocenters. The summed E-state index contributed by atoms with van der Waals surface area (Å²) < 4.78 is 0. The maximum atomic E-state index is 8.87. The first-order valence-corrected chi connectivity index (χ1v) is 5.48. The summed E-state index contributed by atoms with van der Waals surface area (Å²) in [6.07, 6.45) is 4.22. The number of aliphatic hydroxyl groups is 1. The van der Waals surface area contributed by atoms with Gasteiger partial charge in [0.2, 0.25) is 0 Å². The number of aliphatic hydroxyl groups excluding tert-OH is 1. The molecule has 0 aromatic carbocycles. The van der Waals surface area contributed by atoms with E-state index in [9.17, 15) is 0 Å². The number of nitrogens with zero attached hydrogens (tertiary/aromatic N) is 2. The van der Waals surface area contributed by atoms with Gasteiger partial charge in [0.1, 0.15) is 12.1 Å². The molecule has 0 spiro atoms. The van der Waals surface area contributed by atoms with Gasteiger partial charge in [0.25, 0.3) is 0 Å². The highest BCUT2D eigenvalue weighted by molar-refractivity contribution is 5.35.